The molecule has 2 N–H and O–H groups in total. The third-order valence-electron chi connectivity index (χ3n) is 2.34. The Balaban J connectivity index is 2.09. The topological polar surface area (TPSA) is 84.5 Å². The minimum Gasteiger partial charge on any atom is -0.445 e. The summed E-state index contributed by atoms with van der Waals surface area (Å²) in [6, 6.07) is 9.25. The van der Waals surface area contributed by atoms with Gasteiger partial charge in [-0.1, -0.05) is 42.1 Å². The van der Waals surface area contributed by atoms with Crippen molar-refractivity contribution in [3.8, 4) is 0 Å². The molecular formula is C14H18N2O4S. The van der Waals surface area contributed by atoms with Gasteiger partial charge in [-0.05, 0) is 5.56 Å². The molecule has 1 aromatic rings. The first kappa shape index (κ1) is 17.0. The van der Waals surface area contributed by atoms with Crippen LogP contribution in [0.4, 0.5) is 4.79 Å². The zero-order chi connectivity index (χ0) is 15.5. The number of hydrogen-bond donors (Lipinski definition) is 2. The Morgan fingerprint density at radius 2 is 1.86 bits per heavy atom. The molecule has 21 heavy (non-hydrogen) atoms. The zero-order valence-corrected chi connectivity index (χ0v) is 12.6. The molecule has 0 unspecified atom stereocenters. The summed E-state index contributed by atoms with van der Waals surface area (Å²) in [5, 5.41) is 4.95. The molecule has 0 aliphatic heterocycles. The number of thioether (sulfide) groups is 1. The molecule has 0 radical (unpaired) electrons. The van der Waals surface area contributed by atoms with Gasteiger partial charge in [0, 0.05) is 19.2 Å². The SMILES string of the molecule is CC(=O)SCCNC(=O)CNC(=O)OCc1ccccc1. The number of ether oxygens (including phenoxy) is 1. The molecule has 114 valence electrons. The summed E-state index contributed by atoms with van der Waals surface area (Å²) in [6.45, 7) is 1.85. The number of benzene rings is 1. The highest BCUT2D eigenvalue weighted by Gasteiger charge is 2.06. The van der Waals surface area contributed by atoms with Crippen molar-refractivity contribution < 1.29 is 19.1 Å². The summed E-state index contributed by atoms with van der Waals surface area (Å²) >= 11 is 1.14. The molecule has 0 aliphatic carbocycles. The normalized spacial score (nSPS) is 9.76. The lowest BCUT2D eigenvalue weighted by molar-refractivity contribution is -0.120. The van der Waals surface area contributed by atoms with Crippen molar-refractivity contribution in [3.63, 3.8) is 0 Å². The van der Waals surface area contributed by atoms with E-state index in [0.29, 0.717) is 12.3 Å². The van der Waals surface area contributed by atoms with Crippen molar-refractivity contribution in [1.82, 2.24) is 10.6 Å². The van der Waals surface area contributed by atoms with Gasteiger partial charge in [0.1, 0.15) is 6.61 Å². The van der Waals surface area contributed by atoms with E-state index in [1.54, 1.807) is 0 Å². The average Bonchev–Trinajstić information content (AvgIpc) is 2.48. The fraction of sp³-hybridized carbons (Fsp3) is 0.357. The van der Waals surface area contributed by atoms with Gasteiger partial charge in [-0.2, -0.15) is 0 Å². The zero-order valence-electron chi connectivity index (χ0n) is 11.8. The summed E-state index contributed by atoms with van der Waals surface area (Å²) in [5.41, 5.74) is 0.873. The predicted octanol–water partition coefficient (Wildman–Crippen LogP) is 1.31. The van der Waals surface area contributed by atoms with E-state index >= 15 is 0 Å². The van der Waals surface area contributed by atoms with Crippen LogP contribution in [0.25, 0.3) is 0 Å². The van der Waals surface area contributed by atoms with Crippen LogP contribution >= 0.6 is 11.8 Å². The van der Waals surface area contributed by atoms with Crippen molar-refractivity contribution in [2.45, 2.75) is 13.5 Å². The van der Waals surface area contributed by atoms with Crippen LogP contribution < -0.4 is 10.6 Å². The third kappa shape index (κ3) is 8.69. The van der Waals surface area contributed by atoms with E-state index in [0.717, 1.165) is 17.3 Å². The summed E-state index contributed by atoms with van der Waals surface area (Å²) in [6.07, 6.45) is -0.646. The van der Waals surface area contributed by atoms with E-state index in [1.165, 1.54) is 6.92 Å². The van der Waals surface area contributed by atoms with Crippen LogP contribution in [-0.4, -0.2) is 36.0 Å². The van der Waals surface area contributed by atoms with Crippen LogP contribution in [0.1, 0.15) is 12.5 Å². The number of alkyl carbamates (subject to hydrolysis) is 1. The number of carbonyl (C=O) groups is 3. The molecule has 0 bridgehead atoms. The largest absolute Gasteiger partial charge is 0.445 e. The molecule has 0 fully saturated rings. The maximum atomic E-state index is 11.4. The molecule has 6 nitrogen and oxygen atoms in total. The van der Waals surface area contributed by atoms with Crippen molar-refractivity contribution in [2.75, 3.05) is 18.8 Å². The second kappa shape index (κ2) is 9.82. The van der Waals surface area contributed by atoms with E-state index in [9.17, 15) is 14.4 Å². The highest BCUT2D eigenvalue weighted by atomic mass is 32.2. The lowest BCUT2D eigenvalue weighted by Gasteiger charge is -2.07. The van der Waals surface area contributed by atoms with Gasteiger partial charge in [0.15, 0.2) is 5.12 Å². The Hall–Kier alpha value is -2.02. The predicted molar refractivity (Wildman–Crippen MR) is 80.8 cm³/mol. The molecule has 0 atom stereocenters. The summed E-state index contributed by atoms with van der Waals surface area (Å²) in [4.78, 5) is 33.4. The number of hydrogen-bond acceptors (Lipinski definition) is 5. The Bertz CT molecular complexity index is 479. The van der Waals surface area contributed by atoms with Crippen molar-refractivity contribution in [1.29, 1.82) is 0 Å². The number of amides is 2. The molecule has 2 amide bonds. The molecule has 0 aliphatic rings. The van der Waals surface area contributed by atoms with Crippen LogP contribution in [0, 0.1) is 0 Å². The van der Waals surface area contributed by atoms with Gasteiger partial charge in [-0.25, -0.2) is 4.79 Å². The highest BCUT2D eigenvalue weighted by Crippen LogP contribution is 2.00. The van der Waals surface area contributed by atoms with Crippen molar-refractivity contribution in [2.24, 2.45) is 0 Å². The first-order chi connectivity index (χ1) is 10.1. The highest BCUT2D eigenvalue weighted by molar-refractivity contribution is 8.13. The maximum absolute atomic E-state index is 11.4. The molecule has 0 saturated heterocycles. The third-order valence-corrected chi connectivity index (χ3v) is 3.15. The minimum atomic E-state index is -0.646. The Morgan fingerprint density at radius 3 is 2.52 bits per heavy atom. The molecule has 0 heterocycles. The van der Waals surface area contributed by atoms with Crippen LogP contribution in [-0.2, 0) is 20.9 Å². The molecule has 1 aromatic carbocycles. The Morgan fingerprint density at radius 1 is 1.14 bits per heavy atom. The summed E-state index contributed by atoms with van der Waals surface area (Å²) in [5.74, 6) is 0.190. The number of carbonyl (C=O) groups excluding carboxylic acids is 3. The van der Waals surface area contributed by atoms with Crippen molar-refractivity contribution in [3.05, 3.63) is 35.9 Å². The maximum Gasteiger partial charge on any atom is 0.407 e. The smallest absolute Gasteiger partial charge is 0.407 e. The molecular weight excluding hydrogens is 292 g/mol. The lowest BCUT2D eigenvalue weighted by atomic mass is 10.2. The van der Waals surface area contributed by atoms with Crippen LogP contribution in [0.15, 0.2) is 30.3 Å². The van der Waals surface area contributed by atoms with Crippen molar-refractivity contribution >= 4 is 28.9 Å². The van der Waals surface area contributed by atoms with E-state index in [2.05, 4.69) is 10.6 Å². The van der Waals surface area contributed by atoms with Gasteiger partial charge in [-0.3, -0.25) is 9.59 Å². The van der Waals surface area contributed by atoms with Gasteiger partial charge >= 0.3 is 6.09 Å². The van der Waals surface area contributed by atoms with Gasteiger partial charge in [0.25, 0.3) is 0 Å². The van der Waals surface area contributed by atoms with Crippen LogP contribution in [0.3, 0.4) is 0 Å². The molecule has 0 spiro atoms. The summed E-state index contributed by atoms with van der Waals surface area (Å²) in [7, 11) is 0. The van der Waals surface area contributed by atoms with Gasteiger partial charge in [0.05, 0.1) is 6.54 Å². The monoisotopic (exact) mass is 310 g/mol. The van der Waals surface area contributed by atoms with E-state index < -0.39 is 6.09 Å². The molecule has 7 heteroatoms. The first-order valence-corrected chi connectivity index (χ1v) is 7.41. The molecule has 0 aromatic heterocycles. The standard InChI is InChI=1S/C14H18N2O4S/c1-11(17)21-8-7-15-13(18)9-16-14(19)20-10-12-5-3-2-4-6-12/h2-6H,7-10H2,1H3,(H,15,18)(H,16,19). The Labute approximate surface area is 127 Å². The average molecular weight is 310 g/mol. The second-order valence-electron chi connectivity index (χ2n) is 4.11. The quantitative estimate of drug-likeness (QED) is 0.742. The van der Waals surface area contributed by atoms with Gasteiger partial charge in [0.2, 0.25) is 5.91 Å². The lowest BCUT2D eigenvalue weighted by Crippen LogP contribution is -2.38. The fourth-order valence-electron chi connectivity index (χ4n) is 1.37. The van der Waals surface area contributed by atoms with Crippen LogP contribution in [0.2, 0.25) is 0 Å². The van der Waals surface area contributed by atoms with E-state index in [1.807, 2.05) is 30.3 Å². The molecule has 1 rings (SSSR count). The fourth-order valence-corrected chi connectivity index (χ4v) is 1.87. The van der Waals surface area contributed by atoms with Gasteiger partial charge in [-0.15, -0.1) is 0 Å². The summed E-state index contributed by atoms with van der Waals surface area (Å²) < 4.78 is 4.96. The van der Waals surface area contributed by atoms with Crippen LogP contribution in [0.5, 0.6) is 0 Å². The molecule has 0 saturated carbocycles. The number of rotatable bonds is 7. The Kier molecular flexibility index (Phi) is 7.96. The number of nitrogens with one attached hydrogen (secondary N) is 2. The van der Waals surface area contributed by atoms with Gasteiger partial charge < -0.3 is 15.4 Å². The first-order valence-electron chi connectivity index (χ1n) is 6.42. The minimum absolute atomic E-state index is 0.00636. The second-order valence-corrected chi connectivity index (χ2v) is 5.38. The van der Waals surface area contributed by atoms with E-state index in [4.69, 9.17) is 4.74 Å². The van der Waals surface area contributed by atoms with E-state index in [-0.39, 0.29) is 24.2 Å².